The fourth-order valence-corrected chi connectivity index (χ4v) is 4.64. The molecule has 1 atom stereocenters. The highest BCUT2D eigenvalue weighted by atomic mass is 16.5. The van der Waals surface area contributed by atoms with E-state index < -0.39 is 6.04 Å². The summed E-state index contributed by atoms with van der Waals surface area (Å²) in [6, 6.07) is 15.7. The van der Waals surface area contributed by atoms with Crippen molar-refractivity contribution in [2.75, 3.05) is 40.4 Å². The Morgan fingerprint density at radius 2 is 1.58 bits per heavy atom. The lowest BCUT2D eigenvalue weighted by Crippen LogP contribution is -2.32. The first-order chi connectivity index (χ1) is 18.4. The first kappa shape index (κ1) is 26.7. The quantitative estimate of drug-likeness (QED) is 0.386. The fraction of sp³-hybridized carbons (Fsp3) is 0.310. The van der Waals surface area contributed by atoms with Crippen molar-refractivity contribution in [2.24, 2.45) is 0 Å². The molecule has 0 radical (unpaired) electrons. The lowest BCUT2D eigenvalue weighted by Gasteiger charge is -2.28. The van der Waals surface area contributed by atoms with Crippen LogP contribution in [0.3, 0.4) is 0 Å². The fourth-order valence-electron chi connectivity index (χ4n) is 4.64. The van der Waals surface area contributed by atoms with E-state index in [2.05, 4.69) is 5.32 Å². The van der Waals surface area contributed by atoms with Crippen LogP contribution in [0.25, 0.3) is 0 Å². The van der Waals surface area contributed by atoms with Gasteiger partial charge in [-0.05, 0) is 36.2 Å². The smallest absolute Gasteiger partial charge is 0.255 e. The van der Waals surface area contributed by atoms with Gasteiger partial charge in [0.15, 0.2) is 23.0 Å². The number of hydrogen-bond donors (Lipinski definition) is 1. The molecule has 38 heavy (non-hydrogen) atoms. The van der Waals surface area contributed by atoms with E-state index in [1.54, 1.807) is 30.2 Å². The lowest BCUT2D eigenvalue weighted by molar-refractivity contribution is -0.117. The van der Waals surface area contributed by atoms with Gasteiger partial charge in [-0.15, -0.1) is 0 Å². The Hall–Kier alpha value is -4.40. The Morgan fingerprint density at radius 3 is 2.18 bits per heavy atom. The Morgan fingerprint density at radius 1 is 0.895 bits per heavy atom. The number of anilines is 1. The molecular weight excluding hydrogens is 488 g/mol. The summed E-state index contributed by atoms with van der Waals surface area (Å²) in [4.78, 5) is 28.5. The zero-order valence-electron chi connectivity index (χ0n) is 22.2. The molecular formula is C29H32N2O7. The van der Waals surface area contributed by atoms with Crippen molar-refractivity contribution in [2.45, 2.75) is 25.9 Å². The van der Waals surface area contributed by atoms with Crippen molar-refractivity contribution in [3.63, 3.8) is 0 Å². The van der Waals surface area contributed by atoms with Crippen molar-refractivity contribution >= 4 is 17.5 Å². The molecule has 0 saturated heterocycles. The Bertz CT molecular complexity index is 1300. The predicted molar refractivity (Wildman–Crippen MR) is 143 cm³/mol. The van der Waals surface area contributed by atoms with Crippen LogP contribution < -0.4 is 29.0 Å². The minimum absolute atomic E-state index is 0.00746. The number of nitrogens with one attached hydrogen (secondary N) is 1. The van der Waals surface area contributed by atoms with Gasteiger partial charge in [-0.25, -0.2) is 0 Å². The molecule has 1 aliphatic rings. The summed E-state index contributed by atoms with van der Waals surface area (Å²) in [7, 11) is 6.09. The topological polar surface area (TPSA) is 95.6 Å². The maximum Gasteiger partial charge on any atom is 0.255 e. The molecule has 3 aromatic carbocycles. The number of carbonyl (C=O) groups excluding carboxylic acids is 2. The number of fused-ring (bicyclic) bond motifs is 1. The van der Waals surface area contributed by atoms with Crippen molar-refractivity contribution in [1.29, 1.82) is 0 Å². The van der Waals surface area contributed by atoms with Gasteiger partial charge in [-0.3, -0.25) is 9.59 Å². The van der Waals surface area contributed by atoms with Crippen molar-refractivity contribution in [1.82, 2.24) is 4.90 Å². The van der Waals surface area contributed by atoms with Crippen LogP contribution in [-0.4, -0.2) is 51.8 Å². The molecule has 3 aromatic rings. The van der Waals surface area contributed by atoms with E-state index in [0.29, 0.717) is 53.2 Å². The summed E-state index contributed by atoms with van der Waals surface area (Å²) in [6.45, 7) is 2.77. The molecule has 1 aliphatic heterocycles. The molecule has 9 nitrogen and oxygen atoms in total. The highest BCUT2D eigenvalue weighted by molar-refractivity contribution is 5.99. The SMILES string of the molecule is CCOc1ccc(C(CC(=O)Nc2cc(OC)c(OC)c(OC)c2)N2Cc3ccccc3C2=O)cc1OC. The monoisotopic (exact) mass is 520 g/mol. The van der Waals surface area contributed by atoms with Gasteiger partial charge >= 0.3 is 0 Å². The predicted octanol–water partition coefficient (Wildman–Crippen LogP) is 4.85. The van der Waals surface area contributed by atoms with Gasteiger partial charge in [0.2, 0.25) is 11.7 Å². The van der Waals surface area contributed by atoms with E-state index in [-0.39, 0.29) is 18.2 Å². The molecule has 200 valence electrons. The summed E-state index contributed by atoms with van der Waals surface area (Å²) in [5.74, 6) is 1.96. The van der Waals surface area contributed by atoms with Gasteiger partial charge in [0, 0.05) is 29.9 Å². The molecule has 0 spiro atoms. The number of hydrogen-bond acceptors (Lipinski definition) is 7. The summed E-state index contributed by atoms with van der Waals surface area (Å²) in [5.41, 5.74) is 2.79. The standard InChI is InChI=1S/C29H32N2O7/c1-6-38-23-12-11-18(13-24(23)34-2)22(31-17-19-9-7-8-10-21(19)29(31)33)16-27(32)30-20-14-25(35-3)28(37-5)26(15-20)36-4/h7-15,22H,6,16-17H2,1-5H3,(H,30,32). The molecule has 0 saturated carbocycles. The van der Waals surface area contributed by atoms with Crippen LogP contribution in [0.4, 0.5) is 5.69 Å². The molecule has 0 aliphatic carbocycles. The highest BCUT2D eigenvalue weighted by Crippen LogP contribution is 2.41. The zero-order chi connectivity index (χ0) is 27.2. The number of amides is 2. The molecule has 0 aromatic heterocycles. The van der Waals surface area contributed by atoms with Crippen LogP contribution in [0.1, 0.15) is 40.9 Å². The van der Waals surface area contributed by atoms with Crippen LogP contribution in [0.15, 0.2) is 54.6 Å². The molecule has 1 unspecified atom stereocenters. The van der Waals surface area contributed by atoms with E-state index in [1.165, 1.54) is 21.3 Å². The number of carbonyl (C=O) groups is 2. The first-order valence-electron chi connectivity index (χ1n) is 12.2. The summed E-state index contributed by atoms with van der Waals surface area (Å²) < 4.78 is 27.4. The van der Waals surface area contributed by atoms with Crippen molar-refractivity contribution in [3.05, 3.63) is 71.3 Å². The van der Waals surface area contributed by atoms with Crippen molar-refractivity contribution < 1.29 is 33.3 Å². The molecule has 2 amide bonds. The average Bonchev–Trinajstić information content (AvgIpc) is 3.27. The molecule has 9 heteroatoms. The van der Waals surface area contributed by atoms with Crippen LogP contribution in [0, 0.1) is 0 Å². The van der Waals surface area contributed by atoms with E-state index in [0.717, 1.165) is 11.1 Å². The first-order valence-corrected chi connectivity index (χ1v) is 12.2. The lowest BCUT2D eigenvalue weighted by atomic mass is 10.0. The molecule has 0 bridgehead atoms. The maximum atomic E-state index is 13.4. The van der Waals surface area contributed by atoms with Gasteiger partial charge in [-0.1, -0.05) is 24.3 Å². The van der Waals surface area contributed by atoms with Crippen LogP contribution in [0.5, 0.6) is 28.7 Å². The van der Waals surface area contributed by atoms with Crippen LogP contribution in [-0.2, 0) is 11.3 Å². The molecule has 4 rings (SSSR count). The van der Waals surface area contributed by atoms with Crippen LogP contribution in [0.2, 0.25) is 0 Å². The number of ether oxygens (including phenoxy) is 5. The van der Waals surface area contributed by atoms with E-state index in [1.807, 2.05) is 43.3 Å². The molecule has 1 heterocycles. The summed E-state index contributed by atoms with van der Waals surface area (Å²) in [5, 5.41) is 2.91. The third kappa shape index (κ3) is 5.32. The van der Waals surface area contributed by atoms with Gasteiger partial charge in [-0.2, -0.15) is 0 Å². The minimum Gasteiger partial charge on any atom is -0.493 e. The molecule has 1 N–H and O–H groups in total. The Balaban J connectivity index is 1.66. The zero-order valence-corrected chi connectivity index (χ0v) is 22.2. The number of nitrogens with zero attached hydrogens (tertiary/aromatic N) is 1. The highest BCUT2D eigenvalue weighted by Gasteiger charge is 2.35. The van der Waals surface area contributed by atoms with E-state index in [9.17, 15) is 9.59 Å². The largest absolute Gasteiger partial charge is 0.493 e. The molecule has 0 fully saturated rings. The van der Waals surface area contributed by atoms with Gasteiger partial charge < -0.3 is 33.9 Å². The summed E-state index contributed by atoms with van der Waals surface area (Å²) >= 11 is 0. The minimum atomic E-state index is -0.554. The number of rotatable bonds is 11. The average molecular weight is 521 g/mol. The van der Waals surface area contributed by atoms with E-state index in [4.69, 9.17) is 23.7 Å². The number of methoxy groups -OCH3 is 4. The van der Waals surface area contributed by atoms with Gasteiger partial charge in [0.05, 0.1) is 47.5 Å². The number of benzene rings is 3. The van der Waals surface area contributed by atoms with E-state index >= 15 is 0 Å². The third-order valence-electron chi connectivity index (χ3n) is 6.43. The normalized spacial score (nSPS) is 13.0. The summed E-state index contributed by atoms with van der Waals surface area (Å²) in [6.07, 6.45) is 0.00746. The second-order valence-corrected chi connectivity index (χ2v) is 8.62. The maximum absolute atomic E-state index is 13.4. The second kappa shape index (κ2) is 11.8. The second-order valence-electron chi connectivity index (χ2n) is 8.62. The van der Waals surface area contributed by atoms with Gasteiger partial charge in [0.1, 0.15) is 0 Å². The Kier molecular flexibility index (Phi) is 8.25. The third-order valence-corrected chi connectivity index (χ3v) is 6.43. The van der Waals surface area contributed by atoms with Gasteiger partial charge in [0.25, 0.3) is 5.91 Å². The van der Waals surface area contributed by atoms with Crippen LogP contribution >= 0.6 is 0 Å². The van der Waals surface area contributed by atoms with Crippen molar-refractivity contribution in [3.8, 4) is 28.7 Å². The Labute approximate surface area is 222 Å².